The molecule has 4 rings (SSSR count). The van der Waals surface area contributed by atoms with E-state index in [9.17, 15) is 0 Å². The van der Waals surface area contributed by atoms with E-state index < -0.39 is 0 Å². The van der Waals surface area contributed by atoms with E-state index in [1.807, 2.05) is 30.4 Å². The summed E-state index contributed by atoms with van der Waals surface area (Å²) in [5, 5.41) is 8.71. The lowest BCUT2D eigenvalue weighted by Gasteiger charge is -2.17. The van der Waals surface area contributed by atoms with Crippen molar-refractivity contribution in [1.82, 2.24) is 15.2 Å². The molecule has 22 heavy (non-hydrogen) atoms. The predicted octanol–water partition coefficient (Wildman–Crippen LogP) is 3.73. The van der Waals surface area contributed by atoms with Gasteiger partial charge in [0.25, 0.3) is 0 Å². The van der Waals surface area contributed by atoms with Crippen molar-refractivity contribution in [3.05, 3.63) is 54.0 Å². The molecule has 4 nitrogen and oxygen atoms in total. The maximum absolute atomic E-state index is 4.42. The Kier molecular flexibility index (Phi) is 3.35. The summed E-state index contributed by atoms with van der Waals surface area (Å²) in [6, 6.07) is 12.4. The van der Waals surface area contributed by atoms with Crippen molar-refractivity contribution < 1.29 is 0 Å². The summed E-state index contributed by atoms with van der Waals surface area (Å²) in [4.78, 5) is 6.73. The van der Waals surface area contributed by atoms with Crippen LogP contribution in [0.5, 0.6) is 0 Å². The van der Waals surface area contributed by atoms with Gasteiger partial charge in [-0.2, -0.15) is 5.10 Å². The van der Waals surface area contributed by atoms with Crippen molar-refractivity contribution in [3.63, 3.8) is 0 Å². The number of fused-ring (bicyclic) bond motifs is 1. The van der Waals surface area contributed by atoms with E-state index in [0.717, 1.165) is 35.4 Å². The van der Waals surface area contributed by atoms with Crippen LogP contribution in [0.3, 0.4) is 0 Å². The van der Waals surface area contributed by atoms with Crippen LogP contribution in [0.4, 0.5) is 5.69 Å². The van der Waals surface area contributed by atoms with Gasteiger partial charge in [-0.25, -0.2) is 0 Å². The summed E-state index contributed by atoms with van der Waals surface area (Å²) < 4.78 is 0. The molecule has 0 aliphatic carbocycles. The fourth-order valence-corrected chi connectivity index (χ4v) is 2.97. The van der Waals surface area contributed by atoms with Crippen molar-refractivity contribution in [2.45, 2.75) is 12.8 Å². The number of nitrogens with one attached hydrogen (secondary N) is 1. The second kappa shape index (κ2) is 5.64. The summed E-state index contributed by atoms with van der Waals surface area (Å²) in [5.74, 6) is 0. The molecule has 0 saturated carbocycles. The highest BCUT2D eigenvalue weighted by Crippen LogP contribution is 2.26. The second-order valence-electron chi connectivity index (χ2n) is 5.62. The fraction of sp³-hybridized carbons (Fsp3) is 0.222. The molecule has 1 fully saturated rings. The highest BCUT2D eigenvalue weighted by atomic mass is 15.1. The van der Waals surface area contributed by atoms with Crippen LogP contribution >= 0.6 is 0 Å². The Morgan fingerprint density at radius 1 is 1.05 bits per heavy atom. The molecule has 0 amide bonds. The maximum Gasteiger partial charge on any atom is 0.0928 e. The van der Waals surface area contributed by atoms with E-state index in [0.29, 0.717) is 0 Å². The number of hydrogen-bond donors (Lipinski definition) is 1. The van der Waals surface area contributed by atoms with Gasteiger partial charge in [-0.05, 0) is 55.3 Å². The molecular weight excluding hydrogens is 272 g/mol. The van der Waals surface area contributed by atoms with E-state index in [1.165, 1.54) is 18.5 Å². The van der Waals surface area contributed by atoms with Crippen molar-refractivity contribution in [2.24, 2.45) is 0 Å². The van der Waals surface area contributed by atoms with Crippen molar-refractivity contribution in [2.75, 3.05) is 18.0 Å². The fourth-order valence-electron chi connectivity index (χ4n) is 2.97. The minimum atomic E-state index is 0.937. The average Bonchev–Trinajstić information content (AvgIpc) is 3.23. The van der Waals surface area contributed by atoms with Gasteiger partial charge >= 0.3 is 0 Å². The Hall–Kier alpha value is -2.62. The van der Waals surface area contributed by atoms with Crippen LogP contribution in [0.2, 0.25) is 0 Å². The van der Waals surface area contributed by atoms with Gasteiger partial charge < -0.3 is 4.90 Å². The van der Waals surface area contributed by atoms with Crippen LogP contribution < -0.4 is 4.90 Å². The normalized spacial score (nSPS) is 15.2. The number of aromatic nitrogens is 3. The summed E-state index contributed by atoms with van der Waals surface area (Å²) in [7, 11) is 0. The van der Waals surface area contributed by atoms with Gasteiger partial charge in [0, 0.05) is 30.4 Å². The third-order valence-corrected chi connectivity index (χ3v) is 4.15. The first-order valence-corrected chi connectivity index (χ1v) is 7.72. The smallest absolute Gasteiger partial charge is 0.0928 e. The molecule has 1 N–H and O–H groups in total. The largest absolute Gasteiger partial charge is 0.371 e. The highest BCUT2D eigenvalue weighted by molar-refractivity contribution is 5.91. The third-order valence-electron chi connectivity index (χ3n) is 4.15. The molecule has 2 aromatic heterocycles. The summed E-state index contributed by atoms with van der Waals surface area (Å²) in [6.45, 7) is 2.32. The SMILES string of the molecule is C(=C\c1n[nH]c2cc(N3CCCC3)ccc12)/c1ccccn1. The van der Waals surface area contributed by atoms with E-state index in [-0.39, 0.29) is 0 Å². The van der Waals surface area contributed by atoms with E-state index >= 15 is 0 Å². The average molecular weight is 290 g/mol. The number of aromatic amines is 1. The van der Waals surface area contributed by atoms with Gasteiger partial charge in [0.1, 0.15) is 0 Å². The number of anilines is 1. The summed E-state index contributed by atoms with van der Waals surface area (Å²) in [5.41, 5.74) is 4.26. The van der Waals surface area contributed by atoms with Crippen LogP contribution in [0.25, 0.3) is 23.1 Å². The van der Waals surface area contributed by atoms with Crippen LogP contribution in [0.1, 0.15) is 24.2 Å². The standard InChI is InChI=1S/C18H18N4/c1-2-10-19-14(5-1)6-9-17-16-8-7-15(13-18(16)21-20-17)22-11-3-4-12-22/h1-2,5-10,13H,3-4,11-12H2,(H,20,21)/b9-6+. The van der Waals surface area contributed by atoms with Crippen LogP contribution in [-0.2, 0) is 0 Å². The quantitative estimate of drug-likeness (QED) is 0.799. The molecule has 1 saturated heterocycles. The maximum atomic E-state index is 4.42. The van der Waals surface area contributed by atoms with Crippen molar-refractivity contribution >= 4 is 28.7 Å². The Labute approximate surface area is 129 Å². The molecule has 0 bridgehead atoms. The van der Waals surface area contributed by atoms with Gasteiger partial charge in [0.2, 0.25) is 0 Å². The zero-order valence-electron chi connectivity index (χ0n) is 12.4. The zero-order chi connectivity index (χ0) is 14.8. The minimum Gasteiger partial charge on any atom is -0.371 e. The van der Waals surface area contributed by atoms with Gasteiger partial charge in [-0.3, -0.25) is 10.1 Å². The number of nitrogens with zero attached hydrogens (tertiary/aromatic N) is 3. The van der Waals surface area contributed by atoms with Gasteiger partial charge in [-0.15, -0.1) is 0 Å². The molecule has 1 aromatic carbocycles. The predicted molar refractivity (Wildman–Crippen MR) is 90.7 cm³/mol. The zero-order valence-corrected chi connectivity index (χ0v) is 12.4. The first-order chi connectivity index (χ1) is 10.9. The summed E-state index contributed by atoms with van der Waals surface area (Å²) in [6.07, 6.45) is 8.38. The van der Waals surface area contributed by atoms with Crippen LogP contribution in [0, 0.1) is 0 Å². The van der Waals surface area contributed by atoms with Gasteiger partial charge in [0.15, 0.2) is 0 Å². The minimum absolute atomic E-state index is 0.937. The lowest BCUT2D eigenvalue weighted by atomic mass is 10.1. The molecule has 0 spiro atoms. The van der Waals surface area contributed by atoms with Gasteiger partial charge in [-0.1, -0.05) is 6.07 Å². The molecule has 0 radical (unpaired) electrons. The summed E-state index contributed by atoms with van der Waals surface area (Å²) >= 11 is 0. The number of pyridine rings is 1. The number of hydrogen-bond acceptors (Lipinski definition) is 3. The first kappa shape index (κ1) is 13.1. The van der Waals surface area contributed by atoms with Gasteiger partial charge in [0.05, 0.1) is 16.9 Å². The van der Waals surface area contributed by atoms with Crippen molar-refractivity contribution in [1.29, 1.82) is 0 Å². The number of H-pyrrole nitrogens is 1. The topological polar surface area (TPSA) is 44.8 Å². The van der Waals surface area contributed by atoms with Crippen LogP contribution in [-0.4, -0.2) is 28.3 Å². The monoisotopic (exact) mass is 290 g/mol. The Morgan fingerprint density at radius 2 is 1.95 bits per heavy atom. The second-order valence-corrected chi connectivity index (χ2v) is 5.62. The molecule has 1 aliphatic heterocycles. The highest BCUT2D eigenvalue weighted by Gasteiger charge is 2.13. The molecule has 0 unspecified atom stereocenters. The van der Waals surface area contributed by atoms with E-state index in [2.05, 4.69) is 38.3 Å². The molecule has 1 aliphatic rings. The van der Waals surface area contributed by atoms with E-state index in [1.54, 1.807) is 6.20 Å². The molecule has 110 valence electrons. The van der Waals surface area contributed by atoms with E-state index in [4.69, 9.17) is 0 Å². The Bertz CT molecular complexity index is 798. The Morgan fingerprint density at radius 3 is 2.77 bits per heavy atom. The lowest BCUT2D eigenvalue weighted by Crippen LogP contribution is -2.17. The van der Waals surface area contributed by atoms with Crippen molar-refractivity contribution in [3.8, 4) is 0 Å². The molecule has 3 aromatic rings. The molecule has 3 heterocycles. The number of benzene rings is 1. The lowest BCUT2D eigenvalue weighted by molar-refractivity contribution is 0.949. The first-order valence-electron chi connectivity index (χ1n) is 7.72. The molecular formula is C18H18N4. The third kappa shape index (κ3) is 2.48. The Balaban J connectivity index is 1.64. The van der Waals surface area contributed by atoms with Crippen LogP contribution in [0.15, 0.2) is 42.6 Å². The molecule has 4 heteroatoms. The molecule has 0 atom stereocenters. The number of rotatable bonds is 3.